The molecular weight excluding hydrogens is 285 g/mol. The third-order valence-corrected chi connectivity index (χ3v) is 2.84. The van der Waals surface area contributed by atoms with E-state index in [0.717, 1.165) is 6.42 Å². The van der Waals surface area contributed by atoms with Crippen molar-refractivity contribution < 1.29 is 18.3 Å². The van der Waals surface area contributed by atoms with Crippen LogP contribution in [0.5, 0.6) is 0 Å². The number of nitrogens with one attached hydrogen (secondary N) is 2. The van der Waals surface area contributed by atoms with Crippen molar-refractivity contribution in [3.8, 4) is 0 Å². The van der Waals surface area contributed by atoms with Crippen LogP contribution in [0.4, 0.5) is 24.8 Å². The summed E-state index contributed by atoms with van der Waals surface area (Å²) in [5, 5.41) is 14.7. The van der Waals surface area contributed by atoms with Gasteiger partial charge in [-0.1, -0.05) is 20.8 Å². The summed E-state index contributed by atoms with van der Waals surface area (Å²) in [5.41, 5.74) is 0.709. The lowest BCUT2D eigenvalue weighted by Gasteiger charge is -2.20. The van der Waals surface area contributed by atoms with E-state index in [4.69, 9.17) is 5.11 Å². The second-order valence-electron chi connectivity index (χ2n) is 5.00. The number of alkyl halides is 3. The molecule has 0 saturated carbocycles. The fourth-order valence-electron chi connectivity index (χ4n) is 1.78. The third-order valence-electron chi connectivity index (χ3n) is 2.84. The Labute approximate surface area is 122 Å². The molecule has 21 heavy (non-hydrogen) atoms. The van der Waals surface area contributed by atoms with Gasteiger partial charge < -0.3 is 15.7 Å². The summed E-state index contributed by atoms with van der Waals surface area (Å²) in [6.45, 7) is 5.87. The molecule has 0 aliphatic carbocycles. The average Bonchev–Trinajstić information content (AvgIpc) is 2.40. The van der Waals surface area contributed by atoms with Gasteiger partial charge in [0, 0.05) is 12.1 Å². The van der Waals surface area contributed by atoms with E-state index in [-0.39, 0.29) is 5.92 Å². The van der Waals surface area contributed by atoms with Crippen molar-refractivity contribution in [1.29, 1.82) is 0 Å². The van der Waals surface area contributed by atoms with Gasteiger partial charge in [0.25, 0.3) is 0 Å². The van der Waals surface area contributed by atoms with Crippen molar-refractivity contribution in [1.82, 2.24) is 9.97 Å². The zero-order chi connectivity index (χ0) is 16.0. The molecule has 1 heterocycles. The highest BCUT2D eigenvalue weighted by Gasteiger charge is 2.38. The summed E-state index contributed by atoms with van der Waals surface area (Å²) in [7, 11) is 0. The molecule has 0 aliphatic heterocycles. The highest BCUT2D eigenvalue weighted by molar-refractivity contribution is 5.59. The molecule has 1 aromatic rings. The molecule has 120 valence electrons. The fourth-order valence-corrected chi connectivity index (χ4v) is 1.78. The van der Waals surface area contributed by atoms with Crippen LogP contribution < -0.4 is 10.6 Å². The molecule has 1 aromatic heterocycles. The Balaban J connectivity index is 2.91. The van der Waals surface area contributed by atoms with E-state index in [1.807, 2.05) is 20.8 Å². The lowest BCUT2D eigenvalue weighted by molar-refractivity contribution is -0.198. The van der Waals surface area contributed by atoms with Gasteiger partial charge in [-0.2, -0.15) is 13.2 Å². The molecule has 0 bridgehead atoms. The van der Waals surface area contributed by atoms with Gasteiger partial charge in [-0.3, -0.25) is 0 Å². The summed E-state index contributed by atoms with van der Waals surface area (Å²) in [4.78, 5) is 8.11. The van der Waals surface area contributed by atoms with Gasteiger partial charge in [0.15, 0.2) is 6.10 Å². The molecule has 1 unspecified atom stereocenters. The number of rotatable bonds is 7. The first-order chi connectivity index (χ1) is 9.77. The number of aliphatic hydroxyl groups is 1. The molecule has 3 N–H and O–H groups in total. The van der Waals surface area contributed by atoms with Gasteiger partial charge in [-0.25, -0.2) is 9.97 Å². The Bertz CT molecular complexity index is 452. The SMILES string of the molecule is CCCNc1ncnc(NCC(O)C(F)(F)F)c1C(C)C. The minimum Gasteiger partial charge on any atom is -0.382 e. The van der Waals surface area contributed by atoms with Crippen LogP contribution in [-0.2, 0) is 0 Å². The number of nitrogens with zero attached hydrogens (tertiary/aromatic N) is 2. The highest BCUT2D eigenvalue weighted by atomic mass is 19.4. The second kappa shape index (κ2) is 7.44. The van der Waals surface area contributed by atoms with E-state index < -0.39 is 18.8 Å². The number of aromatic nitrogens is 2. The van der Waals surface area contributed by atoms with Crippen LogP contribution in [0.1, 0.15) is 38.7 Å². The van der Waals surface area contributed by atoms with Gasteiger partial charge in [-0.15, -0.1) is 0 Å². The molecule has 0 amide bonds. The number of anilines is 2. The number of aliphatic hydroxyl groups excluding tert-OH is 1. The molecule has 1 rings (SSSR count). The molecule has 0 aliphatic rings. The minimum absolute atomic E-state index is 0.0242. The number of hydrogen-bond donors (Lipinski definition) is 3. The zero-order valence-corrected chi connectivity index (χ0v) is 12.3. The fraction of sp³-hybridized carbons (Fsp3) is 0.692. The van der Waals surface area contributed by atoms with E-state index in [1.54, 1.807) is 0 Å². The van der Waals surface area contributed by atoms with Gasteiger partial charge in [0.1, 0.15) is 18.0 Å². The van der Waals surface area contributed by atoms with Gasteiger partial charge in [0.05, 0.1) is 6.54 Å². The van der Waals surface area contributed by atoms with Crippen molar-refractivity contribution >= 4 is 11.6 Å². The van der Waals surface area contributed by atoms with Crippen molar-refractivity contribution in [3.63, 3.8) is 0 Å². The molecule has 0 radical (unpaired) electrons. The monoisotopic (exact) mass is 306 g/mol. The molecule has 0 aromatic carbocycles. The molecule has 0 spiro atoms. The number of halogens is 3. The Hall–Kier alpha value is -1.57. The summed E-state index contributed by atoms with van der Waals surface area (Å²) >= 11 is 0. The summed E-state index contributed by atoms with van der Waals surface area (Å²) in [6.07, 6.45) is -4.90. The first-order valence-electron chi connectivity index (χ1n) is 6.84. The van der Waals surface area contributed by atoms with E-state index in [9.17, 15) is 13.2 Å². The minimum atomic E-state index is -4.65. The molecule has 8 heteroatoms. The normalized spacial score (nSPS) is 13.3. The van der Waals surface area contributed by atoms with Crippen LogP contribution in [-0.4, -0.2) is 40.4 Å². The number of hydrogen-bond acceptors (Lipinski definition) is 5. The van der Waals surface area contributed by atoms with E-state index in [2.05, 4.69) is 20.6 Å². The van der Waals surface area contributed by atoms with E-state index >= 15 is 0 Å². The van der Waals surface area contributed by atoms with Crippen LogP contribution >= 0.6 is 0 Å². The predicted molar refractivity (Wildman–Crippen MR) is 75.5 cm³/mol. The van der Waals surface area contributed by atoms with Crippen molar-refractivity contribution in [2.45, 2.75) is 45.4 Å². The summed E-state index contributed by atoms with van der Waals surface area (Å²) in [5.74, 6) is 0.934. The third kappa shape index (κ3) is 5.04. The average molecular weight is 306 g/mol. The maximum Gasteiger partial charge on any atom is 0.416 e. The smallest absolute Gasteiger partial charge is 0.382 e. The molecule has 1 atom stereocenters. The second-order valence-corrected chi connectivity index (χ2v) is 5.00. The summed E-state index contributed by atoms with van der Waals surface area (Å²) in [6, 6.07) is 0. The van der Waals surface area contributed by atoms with Crippen LogP contribution in [0.3, 0.4) is 0 Å². The van der Waals surface area contributed by atoms with Crippen molar-refractivity contribution in [3.05, 3.63) is 11.9 Å². The quantitative estimate of drug-likeness (QED) is 0.722. The van der Waals surface area contributed by atoms with Gasteiger partial charge in [-0.05, 0) is 12.3 Å². The standard InChI is InChI=1S/C13H21F3N4O/c1-4-5-17-11-10(8(2)3)12(20-7-19-11)18-6-9(21)13(14,15)16/h7-9,21H,4-6H2,1-3H3,(H2,17,18,19,20). The lowest BCUT2D eigenvalue weighted by Crippen LogP contribution is -2.35. The van der Waals surface area contributed by atoms with Crippen LogP contribution in [0.2, 0.25) is 0 Å². The van der Waals surface area contributed by atoms with E-state index in [0.29, 0.717) is 23.7 Å². The Morgan fingerprint density at radius 2 is 1.76 bits per heavy atom. The Morgan fingerprint density at radius 1 is 1.19 bits per heavy atom. The Kier molecular flexibility index (Phi) is 6.19. The van der Waals surface area contributed by atoms with Gasteiger partial charge >= 0.3 is 6.18 Å². The predicted octanol–water partition coefficient (Wildman–Crippen LogP) is 2.76. The molecule has 5 nitrogen and oxygen atoms in total. The van der Waals surface area contributed by atoms with E-state index in [1.165, 1.54) is 6.33 Å². The van der Waals surface area contributed by atoms with Crippen LogP contribution in [0, 0.1) is 0 Å². The van der Waals surface area contributed by atoms with Crippen LogP contribution in [0.25, 0.3) is 0 Å². The molecule has 0 fully saturated rings. The lowest BCUT2D eigenvalue weighted by atomic mass is 10.0. The topological polar surface area (TPSA) is 70.1 Å². The summed E-state index contributed by atoms with van der Waals surface area (Å²) < 4.78 is 37.0. The largest absolute Gasteiger partial charge is 0.416 e. The first-order valence-corrected chi connectivity index (χ1v) is 6.84. The zero-order valence-electron chi connectivity index (χ0n) is 12.3. The van der Waals surface area contributed by atoms with Crippen LogP contribution in [0.15, 0.2) is 6.33 Å². The maximum absolute atomic E-state index is 12.3. The van der Waals surface area contributed by atoms with Gasteiger partial charge in [0.2, 0.25) is 0 Å². The van der Waals surface area contributed by atoms with Crippen molar-refractivity contribution in [2.24, 2.45) is 0 Å². The van der Waals surface area contributed by atoms with Crippen molar-refractivity contribution in [2.75, 3.05) is 23.7 Å². The molecular formula is C13H21F3N4O. The maximum atomic E-state index is 12.3. The first kappa shape index (κ1) is 17.5. The highest BCUT2D eigenvalue weighted by Crippen LogP contribution is 2.29. The molecule has 0 saturated heterocycles. The Morgan fingerprint density at radius 3 is 2.24 bits per heavy atom.